The number of nitrogen functional groups attached to an aromatic ring is 1. The molecule has 0 spiro atoms. The maximum absolute atomic E-state index is 5.81. The fourth-order valence-corrected chi connectivity index (χ4v) is 2.19. The third kappa shape index (κ3) is 2.88. The lowest BCUT2D eigenvalue weighted by atomic mass is 10.3. The Hall–Kier alpha value is -1.19. The van der Waals surface area contributed by atoms with E-state index in [1.54, 1.807) is 6.07 Å². The maximum Gasteiger partial charge on any atom is 0.122 e. The molecule has 4 heteroatoms. The van der Waals surface area contributed by atoms with Gasteiger partial charge in [-0.3, -0.25) is 0 Å². The van der Waals surface area contributed by atoms with Crippen molar-refractivity contribution in [2.45, 2.75) is 6.61 Å². The van der Waals surface area contributed by atoms with Crippen LogP contribution in [0, 0.1) is 0 Å². The van der Waals surface area contributed by atoms with Gasteiger partial charge in [-0.1, -0.05) is 17.7 Å². The van der Waals surface area contributed by atoms with Gasteiger partial charge in [0.05, 0.1) is 4.34 Å². The number of anilines is 1. The maximum atomic E-state index is 5.81. The standard InChI is InChI=1S/C11H10ClNOS/c12-11-5-4-10(15-11)7-14-9-3-1-2-8(13)6-9/h1-6H,7,13H2. The molecule has 0 unspecified atom stereocenters. The summed E-state index contributed by atoms with van der Waals surface area (Å²) in [6.45, 7) is 0.529. The summed E-state index contributed by atoms with van der Waals surface area (Å²) in [4.78, 5) is 1.10. The van der Waals surface area contributed by atoms with E-state index in [0.717, 1.165) is 15.0 Å². The normalized spacial score (nSPS) is 10.2. The number of hydrogen-bond acceptors (Lipinski definition) is 3. The fourth-order valence-electron chi connectivity index (χ4n) is 1.19. The molecule has 0 aliphatic heterocycles. The second-order valence-electron chi connectivity index (χ2n) is 3.07. The van der Waals surface area contributed by atoms with Gasteiger partial charge in [-0.05, 0) is 24.3 Å². The molecule has 1 aromatic carbocycles. The number of halogens is 1. The molecule has 0 atom stereocenters. The zero-order valence-corrected chi connectivity index (χ0v) is 9.52. The molecule has 0 aliphatic carbocycles. The van der Waals surface area contributed by atoms with E-state index in [1.807, 2.05) is 30.3 Å². The highest BCUT2D eigenvalue weighted by atomic mass is 35.5. The number of rotatable bonds is 3. The smallest absolute Gasteiger partial charge is 0.122 e. The van der Waals surface area contributed by atoms with Gasteiger partial charge in [0.2, 0.25) is 0 Å². The molecule has 0 amide bonds. The van der Waals surface area contributed by atoms with Crippen molar-refractivity contribution in [3.8, 4) is 5.75 Å². The van der Waals surface area contributed by atoms with Crippen molar-refractivity contribution in [1.82, 2.24) is 0 Å². The van der Waals surface area contributed by atoms with Gasteiger partial charge in [-0.25, -0.2) is 0 Å². The zero-order chi connectivity index (χ0) is 10.7. The molecule has 0 bridgehead atoms. The summed E-state index contributed by atoms with van der Waals surface area (Å²) >= 11 is 7.33. The fraction of sp³-hybridized carbons (Fsp3) is 0.0909. The molecular formula is C11H10ClNOS. The van der Waals surface area contributed by atoms with Gasteiger partial charge in [0.1, 0.15) is 12.4 Å². The molecule has 2 nitrogen and oxygen atoms in total. The van der Waals surface area contributed by atoms with Gasteiger partial charge in [-0.15, -0.1) is 11.3 Å². The summed E-state index contributed by atoms with van der Waals surface area (Å²) in [5, 5.41) is 0. The van der Waals surface area contributed by atoms with Gasteiger partial charge in [0, 0.05) is 16.6 Å². The molecule has 1 aromatic heterocycles. The van der Waals surface area contributed by atoms with E-state index >= 15 is 0 Å². The predicted octanol–water partition coefficient (Wildman–Crippen LogP) is 3.56. The first kappa shape index (κ1) is 10.3. The van der Waals surface area contributed by atoms with E-state index in [0.29, 0.717) is 12.3 Å². The minimum Gasteiger partial charge on any atom is -0.488 e. The van der Waals surface area contributed by atoms with Crippen molar-refractivity contribution in [1.29, 1.82) is 0 Å². The molecule has 2 rings (SSSR count). The Kier molecular flexibility index (Phi) is 3.14. The zero-order valence-electron chi connectivity index (χ0n) is 7.94. The Morgan fingerprint density at radius 3 is 2.80 bits per heavy atom. The SMILES string of the molecule is Nc1cccc(OCc2ccc(Cl)s2)c1. The van der Waals surface area contributed by atoms with Crippen LogP contribution in [0.1, 0.15) is 4.88 Å². The van der Waals surface area contributed by atoms with Crippen molar-refractivity contribution >= 4 is 28.6 Å². The molecule has 0 aliphatic rings. The van der Waals surface area contributed by atoms with Gasteiger partial charge >= 0.3 is 0 Å². The summed E-state index contributed by atoms with van der Waals surface area (Å²) < 4.78 is 6.34. The lowest BCUT2D eigenvalue weighted by Crippen LogP contribution is -1.93. The molecular weight excluding hydrogens is 230 g/mol. The molecule has 0 saturated carbocycles. The van der Waals surface area contributed by atoms with Crippen molar-refractivity contribution < 1.29 is 4.74 Å². The largest absolute Gasteiger partial charge is 0.488 e. The quantitative estimate of drug-likeness (QED) is 0.832. The van der Waals surface area contributed by atoms with Gasteiger partial charge < -0.3 is 10.5 Å². The Bertz CT molecular complexity index is 455. The van der Waals surface area contributed by atoms with Crippen LogP contribution < -0.4 is 10.5 Å². The van der Waals surface area contributed by atoms with Crippen LogP contribution in [0.4, 0.5) is 5.69 Å². The van der Waals surface area contributed by atoms with Gasteiger partial charge in [-0.2, -0.15) is 0 Å². The van der Waals surface area contributed by atoms with E-state index in [1.165, 1.54) is 11.3 Å². The third-order valence-electron chi connectivity index (χ3n) is 1.87. The summed E-state index contributed by atoms with van der Waals surface area (Å²) in [6, 6.07) is 11.2. The first-order chi connectivity index (χ1) is 7.24. The number of ether oxygens (including phenoxy) is 1. The lowest BCUT2D eigenvalue weighted by molar-refractivity contribution is 0.310. The van der Waals surface area contributed by atoms with Crippen molar-refractivity contribution in [2.75, 3.05) is 5.73 Å². The second-order valence-corrected chi connectivity index (χ2v) is 4.87. The van der Waals surface area contributed by atoms with Crippen LogP contribution in [0.3, 0.4) is 0 Å². The van der Waals surface area contributed by atoms with Crippen LogP contribution in [0.2, 0.25) is 4.34 Å². The van der Waals surface area contributed by atoms with Crippen molar-refractivity contribution in [3.63, 3.8) is 0 Å². The van der Waals surface area contributed by atoms with Crippen LogP contribution in [-0.4, -0.2) is 0 Å². The molecule has 15 heavy (non-hydrogen) atoms. The lowest BCUT2D eigenvalue weighted by Gasteiger charge is -2.04. The summed E-state index contributed by atoms with van der Waals surface area (Å²) in [6.07, 6.45) is 0. The molecule has 2 N–H and O–H groups in total. The van der Waals surface area contributed by atoms with E-state index in [4.69, 9.17) is 22.1 Å². The molecule has 0 saturated heterocycles. The highest BCUT2D eigenvalue weighted by Crippen LogP contribution is 2.23. The molecule has 0 fully saturated rings. The van der Waals surface area contributed by atoms with Crippen LogP contribution >= 0.6 is 22.9 Å². The minimum atomic E-state index is 0.529. The van der Waals surface area contributed by atoms with E-state index in [-0.39, 0.29) is 0 Å². The average molecular weight is 240 g/mol. The van der Waals surface area contributed by atoms with Crippen LogP contribution in [-0.2, 0) is 6.61 Å². The van der Waals surface area contributed by atoms with Crippen LogP contribution in [0.5, 0.6) is 5.75 Å². The third-order valence-corrected chi connectivity index (χ3v) is 3.07. The number of hydrogen-bond donors (Lipinski definition) is 1. The molecule has 78 valence electrons. The number of nitrogens with two attached hydrogens (primary N) is 1. The Balaban J connectivity index is 1.99. The van der Waals surface area contributed by atoms with Crippen molar-refractivity contribution in [2.24, 2.45) is 0 Å². The van der Waals surface area contributed by atoms with E-state index < -0.39 is 0 Å². The highest BCUT2D eigenvalue weighted by molar-refractivity contribution is 7.16. The first-order valence-electron chi connectivity index (χ1n) is 4.46. The Labute approximate surface area is 97.3 Å². The molecule has 0 radical (unpaired) electrons. The van der Waals surface area contributed by atoms with Crippen molar-refractivity contribution in [3.05, 3.63) is 45.6 Å². The summed E-state index contributed by atoms with van der Waals surface area (Å²) in [7, 11) is 0. The Morgan fingerprint density at radius 1 is 1.27 bits per heavy atom. The average Bonchev–Trinajstić information content (AvgIpc) is 2.62. The first-order valence-corrected chi connectivity index (χ1v) is 5.66. The molecule has 1 heterocycles. The predicted molar refractivity (Wildman–Crippen MR) is 64.5 cm³/mol. The highest BCUT2D eigenvalue weighted by Gasteiger charge is 1.99. The minimum absolute atomic E-state index is 0.529. The van der Waals surface area contributed by atoms with Crippen LogP contribution in [0.25, 0.3) is 0 Å². The van der Waals surface area contributed by atoms with E-state index in [9.17, 15) is 0 Å². The summed E-state index contributed by atoms with van der Waals surface area (Å²) in [5.74, 6) is 0.777. The molecule has 2 aromatic rings. The van der Waals surface area contributed by atoms with E-state index in [2.05, 4.69) is 0 Å². The Morgan fingerprint density at radius 2 is 2.13 bits per heavy atom. The van der Waals surface area contributed by atoms with Gasteiger partial charge in [0.25, 0.3) is 0 Å². The topological polar surface area (TPSA) is 35.2 Å². The second kappa shape index (κ2) is 4.55. The van der Waals surface area contributed by atoms with Gasteiger partial charge in [0.15, 0.2) is 0 Å². The number of benzene rings is 1. The summed E-state index contributed by atoms with van der Waals surface area (Å²) in [5.41, 5.74) is 6.34. The number of thiophene rings is 1. The monoisotopic (exact) mass is 239 g/mol. The van der Waals surface area contributed by atoms with Crippen LogP contribution in [0.15, 0.2) is 36.4 Å².